The standard InChI is InChI=1S/C8H15NO3/c1-7(4-5-10)3-2-6-12-8(9)11/h5,7H,2-4,6H2,1H3,(H2,9,11). The van der Waals surface area contributed by atoms with Crippen LogP contribution < -0.4 is 5.73 Å². The van der Waals surface area contributed by atoms with E-state index in [4.69, 9.17) is 5.73 Å². The van der Waals surface area contributed by atoms with Gasteiger partial charge in [0.15, 0.2) is 0 Å². The van der Waals surface area contributed by atoms with Crippen molar-refractivity contribution in [1.82, 2.24) is 0 Å². The molecule has 0 radical (unpaired) electrons. The van der Waals surface area contributed by atoms with Crippen molar-refractivity contribution in [3.8, 4) is 0 Å². The van der Waals surface area contributed by atoms with Crippen molar-refractivity contribution < 1.29 is 14.3 Å². The van der Waals surface area contributed by atoms with E-state index in [1.165, 1.54) is 0 Å². The molecular formula is C8H15NO3. The van der Waals surface area contributed by atoms with Gasteiger partial charge in [0, 0.05) is 6.42 Å². The van der Waals surface area contributed by atoms with Crippen LogP contribution in [0.3, 0.4) is 0 Å². The van der Waals surface area contributed by atoms with Gasteiger partial charge >= 0.3 is 6.09 Å². The van der Waals surface area contributed by atoms with Crippen LogP contribution in [0.5, 0.6) is 0 Å². The molecule has 1 unspecified atom stereocenters. The van der Waals surface area contributed by atoms with Gasteiger partial charge in [0.1, 0.15) is 6.29 Å². The van der Waals surface area contributed by atoms with Crippen molar-refractivity contribution in [2.24, 2.45) is 11.7 Å². The van der Waals surface area contributed by atoms with Crippen molar-refractivity contribution in [2.45, 2.75) is 26.2 Å². The van der Waals surface area contributed by atoms with Crippen LogP contribution >= 0.6 is 0 Å². The third-order valence-electron chi connectivity index (χ3n) is 1.58. The molecule has 0 heterocycles. The van der Waals surface area contributed by atoms with E-state index in [1.54, 1.807) is 0 Å². The van der Waals surface area contributed by atoms with Gasteiger partial charge in [0.25, 0.3) is 0 Å². The molecule has 0 aromatic carbocycles. The lowest BCUT2D eigenvalue weighted by Gasteiger charge is -2.06. The van der Waals surface area contributed by atoms with Gasteiger partial charge in [-0.25, -0.2) is 4.79 Å². The van der Waals surface area contributed by atoms with Gasteiger partial charge in [0.05, 0.1) is 6.61 Å². The molecule has 0 bridgehead atoms. The molecule has 0 aromatic rings. The van der Waals surface area contributed by atoms with Gasteiger partial charge in [-0.3, -0.25) is 0 Å². The minimum atomic E-state index is -0.738. The molecule has 2 N–H and O–H groups in total. The van der Waals surface area contributed by atoms with Crippen LogP contribution in [-0.2, 0) is 9.53 Å². The monoisotopic (exact) mass is 173 g/mol. The van der Waals surface area contributed by atoms with Crippen molar-refractivity contribution in [3.63, 3.8) is 0 Å². The molecule has 0 spiro atoms. The van der Waals surface area contributed by atoms with Crippen LogP contribution in [-0.4, -0.2) is 19.0 Å². The summed E-state index contributed by atoms with van der Waals surface area (Å²) in [6, 6.07) is 0. The first-order chi connectivity index (χ1) is 5.66. The Morgan fingerprint density at radius 1 is 1.67 bits per heavy atom. The minimum Gasteiger partial charge on any atom is -0.450 e. The van der Waals surface area contributed by atoms with E-state index in [2.05, 4.69) is 4.74 Å². The summed E-state index contributed by atoms with van der Waals surface area (Å²) in [5.74, 6) is 0.360. The molecule has 0 aliphatic heterocycles. The Labute approximate surface area is 72.1 Å². The molecule has 0 rings (SSSR count). The molecule has 0 aliphatic rings. The van der Waals surface area contributed by atoms with E-state index >= 15 is 0 Å². The Hall–Kier alpha value is -1.06. The maximum Gasteiger partial charge on any atom is 0.404 e. The zero-order valence-corrected chi connectivity index (χ0v) is 7.29. The lowest BCUT2D eigenvalue weighted by Crippen LogP contribution is -2.14. The Kier molecular flexibility index (Phi) is 6.05. The van der Waals surface area contributed by atoms with Crippen LogP contribution in [0, 0.1) is 5.92 Å². The first-order valence-corrected chi connectivity index (χ1v) is 4.02. The summed E-state index contributed by atoms with van der Waals surface area (Å²) in [4.78, 5) is 20.2. The second kappa shape index (κ2) is 6.64. The number of rotatable bonds is 6. The van der Waals surface area contributed by atoms with E-state index < -0.39 is 6.09 Å². The molecule has 70 valence electrons. The van der Waals surface area contributed by atoms with E-state index in [1.807, 2.05) is 6.92 Å². The smallest absolute Gasteiger partial charge is 0.404 e. The summed E-state index contributed by atoms with van der Waals surface area (Å²) in [5.41, 5.74) is 4.75. The molecule has 4 nitrogen and oxygen atoms in total. The van der Waals surface area contributed by atoms with Crippen LogP contribution in [0.2, 0.25) is 0 Å². The molecule has 1 amide bonds. The average molecular weight is 173 g/mol. The number of carbonyl (C=O) groups excluding carboxylic acids is 2. The van der Waals surface area contributed by atoms with Gasteiger partial charge in [-0.1, -0.05) is 6.92 Å². The number of carbonyl (C=O) groups is 2. The second-order valence-electron chi connectivity index (χ2n) is 2.82. The number of hydrogen-bond acceptors (Lipinski definition) is 3. The fourth-order valence-electron chi connectivity index (χ4n) is 0.887. The summed E-state index contributed by atoms with van der Waals surface area (Å²) in [6.45, 7) is 2.33. The van der Waals surface area contributed by atoms with Crippen LogP contribution in [0.15, 0.2) is 0 Å². The maximum atomic E-state index is 10.1. The molecule has 0 saturated heterocycles. The van der Waals surface area contributed by atoms with Gasteiger partial charge < -0.3 is 15.3 Å². The highest BCUT2D eigenvalue weighted by molar-refractivity contribution is 5.64. The number of nitrogens with two attached hydrogens (primary N) is 1. The molecular weight excluding hydrogens is 158 g/mol. The van der Waals surface area contributed by atoms with Crippen LogP contribution in [0.4, 0.5) is 4.79 Å². The van der Waals surface area contributed by atoms with E-state index in [9.17, 15) is 9.59 Å². The van der Waals surface area contributed by atoms with E-state index in [0.717, 1.165) is 19.1 Å². The topological polar surface area (TPSA) is 69.4 Å². The average Bonchev–Trinajstić information content (AvgIpc) is 1.98. The predicted molar refractivity (Wildman–Crippen MR) is 44.6 cm³/mol. The zero-order chi connectivity index (χ0) is 9.40. The number of aldehydes is 1. The molecule has 0 aliphatic carbocycles. The van der Waals surface area contributed by atoms with Crippen molar-refractivity contribution in [3.05, 3.63) is 0 Å². The molecule has 12 heavy (non-hydrogen) atoms. The van der Waals surface area contributed by atoms with Crippen LogP contribution in [0.1, 0.15) is 26.2 Å². The number of hydrogen-bond donors (Lipinski definition) is 1. The first-order valence-electron chi connectivity index (χ1n) is 4.02. The molecule has 0 aromatic heterocycles. The van der Waals surface area contributed by atoms with E-state index in [0.29, 0.717) is 18.9 Å². The van der Waals surface area contributed by atoms with Crippen molar-refractivity contribution in [1.29, 1.82) is 0 Å². The molecule has 0 fully saturated rings. The molecule has 0 saturated carbocycles. The Balaban J connectivity index is 3.18. The molecule has 1 atom stereocenters. The third kappa shape index (κ3) is 7.05. The quantitative estimate of drug-likeness (QED) is 0.482. The van der Waals surface area contributed by atoms with Crippen LogP contribution in [0.25, 0.3) is 0 Å². The Morgan fingerprint density at radius 2 is 2.33 bits per heavy atom. The fraction of sp³-hybridized carbons (Fsp3) is 0.750. The summed E-state index contributed by atoms with van der Waals surface area (Å²) in [7, 11) is 0. The minimum absolute atomic E-state index is 0.346. The molecule has 4 heteroatoms. The highest BCUT2D eigenvalue weighted by atomic mass is 16.5. The first kappa shape index (κ1) is 10.9. The van der Waals surface area contributed by atoms with Gasteiger partial charge in [-0.15, -0.1) is 0 Å². The fourth-order valence-corrected chi connectivity index (χ4v) is 0.887. The SMILES string of the molecule is CC(CC=O)CCCOC(N)=O. The largest absolute Gasteiger partial charge is 0.450 e. The van der Waals surface area contributed by atoms with Crippen molar-refractivity contribution >= 4 is 12.4 Å². The number of amides is 1. The van der Waals surface area contributed by atoms with Gasteiger partial charge in [-0.05, 0) is 18.8 Å². The highest BCUT2D eigenvalue weighted by Crippen LogP contribution is 2.07. The summed E-state index contributed by atoms with van der Waals surface area (Å²) in [5, 5.41) is 0. The second-order valence-corrected chi connectivity index (χ2v) is 2.82. The zero-order valence-electron chi connectivity index (χ0n) is 7.29. The highest BCUT2D eigenvalue weighted by Gasteiger charge is 2.01. The Morgan fingerprint density at radius 3 is 2.83 bits per heavy atom. The maximum absolute atomic E-state index is 10.1. The summed E-state index contributed by atoms with van der Waals surface area (Å²) < 4.78 is 4.52. The third-order valence-corrected chi connectivity index (χ3v) is 1.58. The summed E-state index contributed by atoms with van der Waals surface area (Å²) >= 11 is 0. The lowest BCUT2D eigenvalue weighted by atomic mass is 10.0. The van der Waals surface area contributed by atoms with Crippen molar-refractivity contribution in [2.75, 3.05) is 6.61 Å². The lowest BCUT2D eigenvalue weighted by molar-refractivity contribution is -0.108. The Bertz CT molecular complexity index is 147. The predicted octanol–water partition coefficient (Wildman–Crippen LogP) is 1.09. The number of primary amides is 1. The number of ether oxygens (including phenoxy) is 1. The normalized spacial score (nSPS) is 12.1. The van der Waals surface area contributed by atoms with E-state index in [-0.39, 0.29) is 0 Å². The van der Waals surface area contributed by atoms with Gasteiger partial charge in [0.2, 0.25) is 0 Å². The summed E-state index contributed by atoms with van der Waals surface area (Å²) in [6.07, 6.45) is 2.37. The van der Waals surface area contributed by atoms with Gasteiger partial charge in [-0.2, -0.15) is 0 Å².